The molecule has 0 atom stereocenters. The number of aromatic nitrogens is 2. The van der Waals surface area contributed by atoms with Crippen LogP contribution in [-0.4, -0.2) is 22.6 Å². The van der Waals surface area contributed by atoms with Crippen LogP contribution in [0.3, 0.4) is 0 Å². The SMILES string of the molecule is COC(=O)c1ccc(OCc2nc3ccccc3n2CCCC2=CC=CCC=C2)cc1. The summed E-state index contributed by atoms with van der Waals surface area (Å²) >= 11 is 0. The fraction of sp³-hybridized carbons (Fsp3) is 0.231. The summed E-state index contributed by atoms with van der Waals surface area (Å²) in [6.07, 6.45) is 13.9. The van der Waals surface area contributed by atoms with E-state index in [4.69, 9.17) is 14.5 Å². The van der Waals surface area contributed by atoms with Crippen LogP contribution in [0, 0.1) is 0 Å². The van der Waals surface area contributed by atoms with E-state index in [-0.39, 0.29) is 5.97 Å². The fourth-order valence-electron chi connectivity index (χ4n) is 3.67. The van der Waals surface area contributed by atoms with Crippen molar-refractivity contribution in [1.82, 2.24) is 9.55 Å². The lowest BCUT2D eigenvalue weighted by molar-refractivity contribution is 0.0600. The van der Waals surface area contributed by atoms with Gasteiger partial charge in [-0.25, -0.2) is 9.78 Å². The van der Waals surface area contributed by atoms with E-state index in [1.54, 1.807) is 24.3 Å². The van der Waals surface area contributed by atoms with Gasteiger partial charge in [-0.1, -0.05) is 42.5 Å². The molecular formula is C26H26N2O3. The number of allylic oxidation sites excluding steroid dienone is 6. The lowest BCUT2D eigenvalue weighted by atomic mass is 10.1. The van der Waals surface area contributed by atoms with Gasteiger partial charge in [0, 0.05) is 6.54 Å². The molecule has 0 fully saturated rings. The quantitative estimate of drug-likeness (QED) is 0.449. The molecule has 5 nitrogen and oxygen atoms in total. The first-order valence-corrected chi connectivity index (χ1v) is 10.5. The van der Waals surface area contributed by atoms with E-state index in [0.717, 1.165) is 42.7 Å². The molecule has 0 amide bonds. The maximum Gasteiger partial charge on any atom is 0.337 e. The third-order valence-electron chi connectivity index (χ3n) is 5.27. The summed E-state index contributed by atoms with van der Waals surface area (Å²) in [5.41, 5.74) is 3.94. The normalized spacial score (nSPS) is 13.1. The van der Waals surface area contributed by atoms with Crippen molar-refractivity contribution in [2.75, 3.05) is 7.11 Å². The standard InChI is InChI=1S/C26H26N2O3/c1-30-26(29)21-14-16-22(17-15-21)31-19-25-27-23-12-6-7-13-24(23)28(25)18-8-11-20-9-4-2-3-5-10-20/h2,4-7,9-10,12-17H,3,8,11,18-19H2,1H3. The maximum absolute atomic E-state index is 11.6. The van der Waals surface area contributed by atoms with Crippen LogP contribution < -0.4 is 4.74 Å². The lowest BCUT2D eigenvalue weighted by Crippen LogP contribution is -2.08. The highest BCUT2D eigenvalue weighted by molar-refractivity contribution is 5.89. The summed E-state index contributed by atoms with van der Waals surface area (Å²) < 4.78 is 13.0. The Morgan fingerprint density at radius 3 is 2.77 bits per heavy atom. The number of nitrogens with zero attached hydrogens (tertiary/aromatic N) is 2. The first-order valence-electron chi connectivity index (χ1n) is 10.5. The monoisotopic (exact) mass is 414 g/mol. The van der Waals surface area contributed by atoms with Crippen molar-refractivity contribution >= 4 is 17.0 Å². The molecule has 0 radical (unpaired) electrons. The number of carbonyl (C=O) groups excluding carboxylic acids is 1. The van der Waals surface area contributed by atoms with Crippen LogP contribution in [0.1, 0.15) is 35.4 Å². The van der Waals surface area contributed by atoms with Gasteiger partial charge >= 0.3 is 5.97 Å². The minimum absolute atomic E-state index is 0.359. The van der Waals surface area contributed by atoms with Crippen LogP contribution in [0.25, 0.3) is 11.0 Å². The number of benzene rings is 2. The number of rotatable bonds is 8. The minimum atomic E-state index is -0.359. The predicted octanol–water partition coefficient (Wildman–Crippen LogP) is 5.62. The van der Waals surface area contributed by atoms with Gasteiger partial charge < -0.3 is 14.0 Å². The number of carbonyl (C=O) groups is 1. The van der Waals surface area contributed by atoms with E-state index in [1.807, 2.05) is 18.2 Å². The number of hydrogen-bond acceptors (Lipinski definition) is 4. The molecule has 0 saturated carbocycles. The zero-order valence-corrected chi connectivity index (χ0v) is 17.7. The molecular weight excluding hydrogens is 388 g/mol. The summed E-state index contributed by atoms with van der Waals surface area (Å²) in [4.78, 5) is 16.4. The molecule has 0 bridgehead atoms. The Morgan fingerprint density at radius 1 is 1.10 bits per heavy atom. The van der Waals surface area contributed by atoms with Crippen molar-refractivity contribution in [2.45, 2.75) is 32.4 Å². The van der Waals surface area contributed by atoms with Crippen molar-refractivity contribution in [3.8, 4) is 5.75 Å². The smallest absolute Gasteiger partial charge is 0.337 e. The second-order valence-electron chi connectivity index (χ2n) is 7.38. The zero-order valence-electron chi connectivity index (χ0n) is 17.7. The highest BCUT2D eigenvalue weighted by Crippen LogP contribution is 2.21. The van der Waals surface area contributed by atoms with Crippen molar-refractivity contribution in [3.63, 3.8) is 0 Å². The van der Waals surface area contributed by atoms with Gasteiger partial charge in [0.25, 0.3) is 0 Å². The van der Waals surface area contributed by atoms with E-state index in [2.05, 4.69) is 41.0 Å². The second kappa shape index (κ2) is 9.94. The van der Waals surface area contributed by atoms with E-state index < -0.39 is 0 Å². The van der Waals surface area contributed by atoms with Crippen molar-refractivity contribution in [1.29, 1.82) is 0 Å². The van der Waals surface area contributed by atoms with E-state index in [1.165, 1.54) is 12.7 Å². The third-order valence-corrected chi connectivity index (χ3v) is 5.27. The molecule has 2 aromatic carbocycles. The third kappa shape index (κ3) is 5.12. The zero-order chi connectivity index (χ0) is 21.5. The van der Waals surface area contributed by atoms with Crippen LogP contribution in [-0.2, 0) is 17.9 Å². The van der Waals surface area contributed by atoms with Crippen LogP contribution in [0.5, 0.6) is 5.75 Å². The van der Waals surface area contributed by atoms with Gasteiger partial charge in [0.1, 0.15) is 18.2 Å². The summed E-state index contributed by atoms with van der Waals surface area (Å²) in [6, 6.07) is 15.1. The molecule has 0 spiro atoms. The van der Waals surface area contributed by atoms with Gasteiger partial charge in [0.15, 0.2) is 0 Å². The fourth-order valence-corrected chi connectivity index (χ4v) is 3.67. The predicted molar refractivity (Wildman–Crippen MR) is 122 cm³/mol. The highest BCUT2D eigenvalue weighted by Gasteiger charge is 2.12. The summed E-state index contributed by atoms with van der Waals surface area (Å²) in [5.74, 6) is 1.22. The second-order valence-corrected chi connectivity index (χ2v) is 7.38. The average Bonchev–Trinajstić information content (AvgIpc) is 2.96. The number of ether oxygens (including phenoxy) is 2. The molecule has 0 unspecified atom stereocenters. The Bertz CT molecular complexity index is 1140. The molecule has 31 heavy (non-hydrogen) atoms. The van der Waals surface area contributed by atoms with Gasteiger partial charge in [-0.05, 0) is 61.2 Å². The van der Waals surface area contributed by atoms with Gasteiger partial charge in [-0.2, -0.15) is 0 Å². The van der Waals surface area contributed by atoms with Crippen molar-refractivity contribution < 1.29 is 14.3 Å². The van der Waals surface area contributed by atoms with E-state index >= 15 is 0 Å². The first-order chi connectivity index (χ1) is 15.2. The number of para-hydroxylation sites is 2. The number of methoxy groups -OCH3 is 1. The van der Waals surface area contributed by atoms with Gasteiger partial charge in [-0.15, -0.1) is 0 Å². The first kappa shape index (κ1) is 20.7. The van der Waals surface area contributed by atoms with E-state index in [9.17, 15) is 4.79 Å². The lowest BCUT2D eigenvalue weighted by Gasteiger charge is -2.11. The van der Waals surface area contributed by atoms with Crippen molar-refractivity contribution in [2.24, 2.45) is 0 Å². The Balaban J connectivity index is 1.46. The number of hydrogen-bond donors (Lipinski definition) is 0. The molecule has 1 aliphatic rings. The Labute approximate surface area is 182 Å². The number of imidazole rings is 1. The molecule has 1 aliphatic carbocycles. The molecule has 5 heteroatoms. The molecule has 1 aromatic heterocycles. The minimum Gasteiger partial charge on any atom is -0.486 e. The number of fused-ring (bicyclic) bond motifs is 1. The summed E-state index contributed by atoms with van der Waals surface area (Å²) in [5, 5.41) is 0. The average molecular weight is 415 g/mol. The maximum atomic E-state index is 11.6. The van der Waals surface area contributed by atoms with Crippen molar-refractivity contribution in [3.05, 3.63) is 95.9 Å². The van der Waals surface area contributed by atoms with Gasteiger partial charge in [0.05, 0.1) is 23.7 Å². The van der Waals surface area contributed by atoms with E-state index in [0.29, 0.717) is 17.9 Å². The summed E-state index contributed by atoms with van der Waals surface area (Å²) in [6.45, 7) is 1.23. The Hall–Kier alpha value is -3.60. The topological polar surface area (TPSA) is 53.4 Å². The van der Waals surface area contributed by atoms with Gasteiger partial charge in [-0.3, -0.25) is 0 Å². The molecule has 158 valence electrons. The number of esters is 1. The molecule has 4 rings (SSSR count). The molecule has 0 aliphatic heterocycles. The van der Waals surface area contributed by atoms with Crippen LogP contribution in [0.15, 0.2) is 84.5 Å². The molecule has 0 N–H and O–H groups in total. The Morgan fingerprint density at radius 2 is 1.94 bits per heavy atom. The molecule has 0 saturated heterocycles. The van der Waals surface area contributed by atoms with Crippen LogP contribution in [0.2, 0.25) is 0 Å². The Kier molecular flexibility index (Phi) is 6.62. The molecule has 1 heterocycles. The highest BCUT2D eigenvalue weighted by atomic mass is 16.5. The molecule has 3 aromatic rings. The van der Waals surface area contributed by atoms with Crippen LogP contribution in [0.4, 0.5) is 0 Å². The van der Waals surface area contributed by atoms with Crippen LogP contribution >= 0.6 is 0 Å². The summed E-state index contributed by atoms with van der Waals surface area (Å²) in [7, 11) is 1.37. The van der Waals surface area contributed by atoms with Gasteiger partial charge in [0.2, 0.25) is 0 Å². The number of aryl methyl sites for hydroxylation is 1. The largest absolute Gasteiger partial charge is 0.486 e.